The lowest BCUT2D eigenvalue weighted by Crippen LogP contribution is -2.05. The van der Waals surface area contributed by atoms with E-state index in [1.807, 2.05) is 37.3 Å². The Bertz CT molecular complexity index is 542. The lowest BCUT2D eigenvalue weighted by atomic mass is 10.2. The van der Waals surface area contributed by atoms with Crippen LogP contribution in [0.15, 0.2) is 30.3 Å². The fraction of sp³-hybridized carbons (Fsp3) is 0.438. The maximum atomic E-state index is 6.05. The van der Waals surface area contributed by atoms with Crippen LogP contribution in [-0.2, 0) is 6.42 Å². The normalized spacial score (nSPS) is 16.1. The van der Waals surface area contributed by atoms with Crippen LogP contribution >= 0.6 is 11.3 Å². The molecule has 2 aromatic rings. The third-order valence-electron chi connectivity index (χ3n) is 3.43. The van der Waals surface area contributed by atoms with E-state index in [4.69, 9.17) is 15.5 Å². The monoisotopic (exact) mass is 288 g/mol. The van der Waals surface area contributed by atoms with Crippen LogP contribution in [0.4, 0.5) is 0 Å². The second-order valence-corrected chi connectivity index (χ2v) is 6.45. The van der Waals surface area contributed by atoms with Gasteiger partial charge in [0.15, 0.2) is 0 Å². The van der Waals surface area contributed by atoms with Crippen molar-refractivity contribution in [1.82, 2.24) is 4.98 Å². The molecule has 1 fully saturated rings. The summed E-state index contributed by atoms with van der Waals surface area (Å²) in [5, 5.41) is 1.15. The quantitative estimate of drug-likeness (QED) is 0.882. The van der Waals surface area contributed by atoms with Crippen molar-refractivity contribution in [2.45, 2.75) is 38.1 Å². The molecule has 0 radical (unpaired) electrons. The van der Waals surface area contributed by atoms with Crippen molar-refractivity contribution in [3.05, 3.63) is 45.9 Å². The van der Waals surface area contributed by atoms with Crippen LogP contribution < -0.4 is 10.5 Å². The number of nitrogens with zero attached hydrogens (tertiary/aromatic N) is 1. The van der Waals surface area contributed by atoms with Gasteiger partial charge in [0, 0.05) is 23.3 Å². The minimum atomic E-state index is 0.0897. The molecule has 1 heterocycles. The molecule has 1 atom stereocenters. The number of thiazole rings is 1. The molecular weight excluding hydrogens is 268 g/mol. The number of para-hydroxylation sites is 1. The van der Waals surface area contributed by atoms with Gasteiger partial charge in [-0.3, -0.25) is 0 Å². The average molecular weight is 288 g/mol. The molecule has 106 valence electrons. The largest absolute Gasteiger partial charge is 0.493 e. The maximum Gasteiger partial charge on any atom is 0.119 e. The van der Waals surface area contributed by atoms with E-state index in [9.17, 15) is 0 Å². The number of hydrogen-bond donors (Lipinski definition) is 1. The zero-order valence-electron chi connectivity index (χ0n) is 11.7. The third-order valence-corrected chi connectivity index (χ3v) is 4.76. The Morgan fingerprint density at radius 1 is 1.35 bits per heavy atom. The van der Waals surface area contributed by atoms with E-state index in [-0.39, 0.29) is 6.04 Å². The second kappa shape index (κ2) is 5.94. The van der Waals surface area contributed by atoms with Crippen molar-refractivity contribution >= 4 is 11.3 Å². The maximum absolute atomic E-state index is 6.05. The molecule has 1 aromatic carbocycles. The Kier molecular flexibility index (Phi) is 4.03. The molecule has 1 aliphatic carbocycles. The van der Waals surface area contributed by atoms with Gasteiger partial charge < -0.3 is 10.5 Å². The molecule has 0 bridgehead atoms. The summed E-state index contributed by atoms with van der Waals surface area (Å²) in [6, 6.07) is 10.0. The highest BCUT2D eigenvalue weighted by molar-refractivity contribution is 7.11. The van der Waals surface area contributed by atoms with Crippen molar-refractivity contribution < 1.29 is 4.74 Å². The highest BCUT2D eigenvalue weighted by Gasteiger charge is 2.30. The summed E-state index contributed by atoms with van der Waals surface area (Å²) in [6.07, 6.45) is 3.39. The van der Waals surface area contributed by atoms with Crippen LogP contribution in [0, 0.1) is 0 Å². The van der Waals surface area contributed by atoms with Crippen LogP contribution in [0.3, 0.4) is 0 Å². The average Bonchev–Trinajstić information content (AvgIpc) is 3.20. The van der Waals surface area contributed by atoms with E-state index in [2.05, 4.69) is 0 Å². The first kappa shape index (κ1) is 13.6. The van der Waals surface area contributed by atoms with E-state index in [1.165, 1.54) is 23.4 Å². The molecule has 0 spiro atoms. The predicted octanol–water partition coefficient (Wildman–Crippen LogP) is 3.66. The molecule has 4 heteroatoms. The van der Waals surface area contributed by atoms with Crippen molar-refractivity contribution in [2.75, 3.05) is 6.61 Å². The van der Waals surface area contributed by atoms with Crippen LogP contribution in [0.2, 0.25) is 0 Å². The fourth-order valence-corrected chi connectivity index (χ4v) is 3.33. The highest BCUT2D eigenvalue weighted by Crippen LogP contribution is 2.44. The van der Waals surface area contributed by atoms with E-state index < -0.39 is 0 Å². The number of hydrogen-bond acceptors (Lipinski definition) is 4. The summed E-state index contributed by atoms with van der Waals surface area (Å²) >= 11 is 1.75. The van der Waals surface area contributed by atoms with Gasteiger partial charge in [-0.1, -0.05) is 18.2 Å². The molecule has 2 N–H and O–H groups in total. The Hall–Kier alpha value is -1.39. The molecule has 1 unspecified atom stereocenters. The van der Waals surface area contributed by atoms with Crippen LogP contribution in [0.25, 0.3) is 0 Å². The third kappa shape index (κ3) is 3.19. The minimum Gasteiger partial charge on any atom is -0.493 e. The number of benzene rings is 1. The minimum absolute atomic E-state index is 0.0897. The topological polar surface area (TPSA) is 48.1 Å². The van der Waals surface area contributed by atoms with Gasteiger partial charge in [-0.15, -0.1) is 11.3 Å². The van der Waals surface area contributed by atoms with Crippen molar-refractivity contribution in [2.24, 2.45) is 5.73 Å². The first-order valence-electron chi connectivity index (χ1n) is 7.17. The molecule has 1 saturated carbocycles. The number of ether oxygens (including phenoxy) is 1. The summed E-state index contributed by atoms with van der Waals surface area (Å²) in [6.45, 7) is 2.71. The van der Waals surface area contributed by atoms with Gasteiger partial charge in [0.25, 0.3) is 0 Å². The SMILES string of the molecule is CC(N)c1sc(CCOc2ccccc2)nc1C1CC1. The summed E-state index contributed by atoms with van der Waals surface area (Å²) in [5.74, 6) is 1.58. The van der Waals surface area contributed by atoms with Gasteiger partial charge in [0.05, 0.1) is 17.3 Å². The van der Waals surface area contributed by atoms with Gasteiger partial charge in [-0.05, 0) is 31.9 Å². The van der Waals surface area contributed by atoms with E-state index in [0.29, 0.717) is 12.5 Å². The molecule has 0 saturated heterocycles. The van der Waals surface area contributed by atoms with E-state index in [1.54, 1.807) is 11.3 Å². The summed E-state index contributed by atoms with van der Waals surface area (Å²) in [5.41, 5.74) is 7.30. The van der Waals surface area contributed by atoms with Gasteiger partial charge in [0.1, 0.15) is 5.75 Å². The predicted molar refractivity (Wildman–Crippen MR) is 82.3 cm³/mol. The van der Waals surface area contributed by atoms with Crippen LogP contribution in [-0.4, -0.2) is 11.6 Å². The smallest absolute Gasteiger partial charge is 0.119 e. The highest BCUT2D eigenvalue weighted by atomic mass is 32.1. The number of rotatable bonds is 6. The fourth-order valence-electron chi connectivity index (χ4n) is 2.25. The van der Waals surface area contributed by atoms with Crippen LogP contribution in [0.1, 0.15) is 47.3 Å². The molecule has 3 rings (SSSR count). The van der Waals surface area contributed by atoms with Crippen molar-refractivity contribution in [1.29, 1.82) is 0 Å². The van der Waals surface area contributed by atoms with Crippen molar-refractivity contribution in [3.63, 3.8) is 0 Å². The Labute approximate surface area is 123 Å². The van der Waals surface area contributed by atoms with Gasteiger partial charge in [0.2, 0.25) is 0 Å². The molecule has 1 aromatic heterocycles. The molecule has 0 aliphatic heterocycles. The molecule has 0 amide bonds. The zero-order chi connectivity index (χ0) is 13.9. The summed E-state index contributed by atoms with van der Waals surface area (Å²) < 4.78 is 5.73. The number of aromatic nitrogens is 1. The van der Waals surface area contributed by atoms with Crippen LogP contribution in [0.5, 0.6) is 5.75 Å². The number of nitrogens with two attached hydrogens (primary N) is 1. The standard InChI is InChI=1S/C16H20N2OS/c1-11(17)16-15(12-7-8-12)18-14(20-16)9-10-19-13-5-3-2-4-6-13/h2-6,11-12H,7-10,17H2,1H3. The van der Waals surface area contributed by atoms with Gasteiger partial charge in [-0.2, -0.15) is 0 Å². The molecular formula is C16H20N2OS. The Morgan fingerprint density at radius 3 is 2.75 bits per heavy atom. The van der Waals surface area contributed by atoms with E-state index in [0.717, 1.165) is 17.2 Å². The van der Waals surface area contributed by atoms with Crippen molar-refractivity contribution in [3.8, 4) is 5.75 Å². The van der Waals surface area contributed by atoms with Gasteiger partial charge in [-0.25, -0.2) is 4.98 Å². The second-order valence-electron chi connectivity index (χ2n) is 5.33. The lowest BCUT2D eigenvalue weighted by molar-refractivity contribution is 0.321. The first-order valence-corrected chi connectivity index (χ1v) is 7.98. The summed E-state index contributed by atoms with van der Waals surface area (Å²) in [7, 11) is 0. The zero-order valence-corrected chi connectivity index (χ0v) is 12.5. The Balaban J connectivity index is 1.61. The molecule has 1 aliphatic rings. The summed E-state index contributed by atoms with van der Waals surface area (Å²) in [4.78, 5) is 6.05. The Morgan fingerprint density at radius 2 is 2.10 bits per heavy atom. The molecule has 3 nitrogen and oxygen atoms in total. The molecule has 20 heavy (non-hydrogen) atoms. The van der Waals surface area contributed by atoms with E-state index >= 15 is 0 Å². The lowest BCUT2D eigenvalue weighted by Gasteiger charge is -2.03. The van der Waals surface area contributed by atoms with Gasteiger partial charge >= 0.3 is 0 Å². The first-order chi connectivity index (χ1) is 9.74.